The molecule has 0 aromatic carbocycles. The molecule has 3 heterocycles. The van der Waals surface area contributed by atoms with Crippen LogP contribution in [0.15, 0.2) is 15.9 Å². The van der Waals surface area contributed by atoms with Gasteiger partial charge in [-0.1, -0.05) is 0 Å². The maximum absolute atomic E-state index is 11.3. The highest BCUT2D eigenvalue weighted by molar-refractivity contribution is 9.11. The van der Waals surface area contributed by atoms with E-state index in [1.165, 1.54) is 0 Å². The second-order valence-corrected chi connectivity index (χ2v) is 8.48. The molecule has 2 aromatic heterocycles. The summed E-state index contributed by atoms with van der Waals surface area (Å²) in [6, 6.07) is 4.01. The summed E-state index contributed by atoms with van der Waals surface area (Å²) < 4.78 is 12.5. The predicted octanol–water partition coefficient (Wildman–Crippen LogP) is 3.84. The van der Waals surface area contributed by atoms with Crippen LogP contribution < -0.4 is 5.32 Å². The fraction of sp³-hybridized carbons (Fsp3) is 0.471. The molecule has 0 radical (unpaired) electrons. The minimum Gasteiger partial charge on any atom is -0.481 e. The van der Waals surface area contributed by atoms with E-state index in [0.717, 1.165) is 15.1 Å². The summed E-state index contributed by atoms with van der Waals surface area (Å²) in [5.74, 6) is 0.0990. The summed E-state index contributed by atoms with van der Waals surface area (Å²) in [7, 11) is 0. The summed E-state index contributed by atoms with van der Waals surface area (Å²) in [5.41, 5.74) is 0.985. The number of nitrogens with zero attached hydrogens (tertiary/aromatic N) is 2. The van der Waals surface area contributed by atoms with E-state index in [-0.39, 0.29) is 12.5 Å². The number of aromatic nitrogens is 2. The molecule has 140 valence electrons. The van der Waals surface area contributed by atoms with Crippen molar-refractivity contribution in [1.82, 2.24) is 9.97 Å². The number of aryl methyl sites for hydroxylation is 1. The third-order valence-corrected chi connectivity index (χ3v) is 5.70. The second-order valence-electron chi connectivity index (χ2n) is 5.99. The van der Waals surface area contributed by atoms with Crippen molar-refractivity contribution in [3.8, 4) is 0 Å². The Morgan fingerprint density at radius 1 is 1.42 bits per heavy atom. The molecule has 1 aliphatic heterocycles. The summed E-state index contributed by atoms with van der Waals surface area (Å²) in [6.07, 6.45) is -0.0708. The molecule has 1 atom stereocenters. The average Bonchev–Trinajstić information content (AvgIpc) is 3.01. The Bertz CT molecular complexity index is 792. The lowest BCUT2D eigenvalue weighted by Gasteiger charge is -2.27. The first-order valence-corrected chi connectivity index (χ1v) is 9.89. The number of carboxylic acid groups (broad SMARTS) is 1. The lowest BCUT2D eigenvalue weighted by atomic mass is 10.1. The molecule has 0 spiro atoms. The van der Waals surface area contributed by atoms with Gasteiger partial charge in [0.05, 0.1) is 40.7 Å². The van der Waals surface area contributed by atoms with Gasteiger partial charge < -0.3 is 19.9 Å². The quantitative estimate of drug-likeness (QED) is 0.702. The largest absolute Gasteiger partial charge is 0.481 e. The number of nitrogens with one attached hydrogen (secondary N) is 1. The molecule has 9 heteroatoms. The zero-order chi connectivity index (χ0) is 18.7. The van der Waals surface area contributed by atoms with Crippen molar-refractivity contribution in [3.05, 3.63) is 37.9 Å². The van der Waals surface area contributed by atoms with Gasteiger partial charge in [-0.15, -0.1) is 11.3 Å². The number of anilines is 1. The van der Waals surface area contributed by atoms with Gasteiger partial charge in [-0.3, -0.25) is 4.79 Å². The Balaban J connectivity index is 1.98. The van der Waals surface area contributed by atoms with Gasteiger partial charge in [0.25, 0.3) is 0 Å². The van der Waals surface area contributed by atoms with E-state index in [0.29, 0.717) is 36.1 Å². The molecule has 2 aromatic rings. The number of rotatable bonds is 6. The first-order valence-electron chi connectivity index (χ1n) is 8.28. The van der Waals surface area contributed by atoms with Gasteiger partial charge in [0.1, 0.15) is 11.6 Å². The van der Waals surface area contributed by atoms with Crippen LogP contribution in [0.5, 0.6) is 0 Å². The van der Waals surface area contributed by atoms with E-state index in [1.54, 1.807) is 18.3 Å². The Kier molecular flexibility index (Phi) is 6.23. The number of halogens is 1. The third-order valence-electron chi connectivity index (χ3n) is 3.89. The smallest absolute Gasteiger partial charge is 0.309 e. The van der Waals surface area contributed by atoms with Crippen LogP contribution in [0, 0.1) is 6.92 Å². The van der Waals surface area contributed by atoms with Crippen molar-refractivity contribution < 1.29 is 19.4 Å². The van der Waals surface area contributed by atoms with Crippen LogP contribution in [0.2, 0.25) is 0 Å². The fourth-order valence-corrected chi connectivity index (χ4v) is 4.19. The lowest BCUT2D eigenvalue weighted by Crippen LogP contribution is -2.23. The Hall–Kier alpha value is -1.55. The predicted molar refractivity (Wildman–Crippen MR) is 101 cm³/mol. The first kappa shape index (κ1) is 19.2. The summed E-state index contributed by atoms with van der Waals surface area (Å²) >= 11 is 5.10. The van der Waals surface area contributed by atoms with Crippen molar-refractivity contribution in [2.45, 2.75) is 39.0 Å². The Morgan fingerprint density at radius 2 is 2.15 bits per heavy atom. The summed E-state index contributed by atoms with van der Waals surface area (Å²) in [6.45, 7) is 4.88. The molecule has 0 bridgehead atoms. The van der Waals surface area contributed by atoms with E-state index >= 15 is 0 Å². The first-order chi connectivity index (χ1) is 12.4. The molecule has 1 aliphatic rings. The van der Waals surface area contributed by atoms with Crippen LogP contribution >= 0.6 is 27.3 Å². The van der Waals surface area contributed by atoms with Crippen molar-refractivity contribution in [3.63, 3.8) is 0 Å². The molecule has 2 N–H and O–H groups in total. The molecule has 1 fully saturated rings. The number of ether oxygens (including phenoxy) is 2. The number of hydrogen-bond donors (Lipinski definition) is 2. The minimum atomic E-state index is -0.957. The van der Waals surface area contributed by atoms with E-state index in [4.69, 9.17) is 9.47 Å². The average molecular weight is 442 g/mol. The Morgan fingerprint density at radius 3 is 2.77 bits per heavy atom. The van der Waals surface area contributed by atoms with Gasteiger partial charge >= 0.3 is 5.97 Å². The maximum atomic E-state index is 11.3. The van der Waals surface area contributed by atoms with Crippen molar-refractivity contribution in [2.24, 2.45) is 0 Å². The third kappa shape index (κ3) is 4.59. The minimum absolute atomic E-state index is 0.0133. The maximum Gasteiger partial charge on any atom is 0.309 e. The highest BCUT2D eigenvalue weighted by atomic mass is 79.9. The normalized spacial score (nSPS) is 16.4. The molecule has 1 saturated heterocycles. The SMILES string of the molecule is Cc1nc(CC(=O)O)c(C2OCCCO2)c(N[C@H](C)c2ccc(Br)s2)n1. The monoisotopic (exact) mass is 441 g/mol. The fourth-order valence-electron chi connectivity index (χ4n) is 2.77. The van der Waals surface area contributed by atoms with Crippen molar-refractivity contribution in [1.29, 1.82) is 0 Å². The van der Waals surface area contributed by atoms with E-state index in [2.05, 4.69) is 31.2 Å². The van der Waals surface area contributed by atoms with Gasteiger partial charge in [0, 0.05) is 4.88 Å². The molecule has 0 amide bonds. The number of carboxylic acids is 1. The molecule has 0 unspecified atom stereocenters. The van der Waals surface area contributed by atoms with Crippen LogP contribution in [0.1, 0.15) is 47.6 Å². The second kappa shape index (κ2) is 8.43. The highest BCUT2D eigenvalue weighted by Gasteiger charge is 2.27. The number of thiophene rings is 1. The van der Waals surface area contributed by atoms with Gasteiger partial charge in [-0.2, -0.15) is 0 Å². The van der Waals surface area contributed by atoms with Gasteiger partial charge in [-0.05, 0) is 48.3 Å². The van der Waals surface area contributed by atoms with Gasteiger partial charge in [-0.25, -0.2) is 9.97 Å². The summed E-state index contributed by atoms with van der Waals surface area (Å²) in [4.78, 5) is 21.3. The van der Waals surface area contributed by atoms with Gasteiger partial charge in [0.15, 0.2) is 6.29 Å². The molecule has 7 nitrogen and oxygen atoms in total. The van der Waals surface area contributed by atoms with E-state index in [9.17, 15) is 9.90 Å². The number of hydrogen-bond acceptors (Lipinski definition) is 7. The van der Waals surface area contributed by atoms with Crippen LogP contribution in [0.4, 0.5) is 5.82 Å². The van der Waals surface area contributed by atoms with Gasteiger partial charge in [0.2, 0.25) is 0 Å². The van der Waals surface area contributed by atoms with Crippen LogP contribution in [0.25, 0.3) is 0 Å². The topological polar surface area (TPSA) is 93.6 Å². The summed E-state index contributed by atoms with van der Waals surface area (Å²) in [5, 5.41) is 12.6. The zero-order valence-corrected chi connectivity index (χ0v) is 16.9. The standard InChI is InChI=1S/C17H20BrN3O4S/c1-9(12-4-5-13(18)26-12)19-16-15(17-24-6-3-7-25-17)11(8-14(22)23)20-10(2)21-16/h4-5,9,17H,3,6-8H2,1-2H3,(H,22,23)(H,19,20,21)/t9-/m1/s1. The zero-order valence-electron chi connectivity index (χ0n) is 14.5. The molecule has 26 heavy (non-hydrogen) atoms. The molecular weight excluding hydrogens is 422 g/mol. The Labute approximate surface area is 163 Å². The highest BCUT2D eigenvalue weighted by Crippen LogP contribution is 2.34. The van der Waals surface area contributed by atoms with Crippen molar-refractivity contribution in [2.75, 3.05) is 18.5 Å². The molecule has 3 rings (SSSR count). The van der Waals surface area contributed by atoms with E-state index < -0.39 is 12.3 Å². The van der Waals surface area contributed by atoms with Crippen molar-refractivity contribution >= 4 is 39.1 Å². The van der Waals surface area contributed by atoms with E-state index in [1.807, 2.05) is 19.1 Å². The number of carbonyl (C=O) groups is 1. The molecule has 0 aliphatic carbocycles. The number of aliphatic carboxylic acids is 1. The molecular formula is C17H20BrN3O4S. The molecule has 0 saturated carbocycles. The van der Waals surface area contributed by atoms with Crippen LogP contribution in [0.3, 0.4) is 0 Å². The lowest BCUT2D eigenvalue weighted by molar-refractivity contribution is -0.183. The van der Waals surface area contributed by atoms with Crippen LogP contribution in [-0.4, -0.2) is 34.3 Å². The van der Waals surface area contributed by atoms with Crippen LogP contribution in [-0.2, 0) is 20.7 Å².